The van der Waals surface area contributed by atoms with Gasteiger partial charge >= 0.3 is 11.9 Å². The first-order valence-corrected chi connectivity index (χ1v) is 17.8. The lowest BCUT2D eigenvalue weighted by Crippen LogP contribution is -2.34. The van der Waals surface area contributed by atoms with Gasteiger partial charge in [-0.3, -0.25) is 14.5 Å². The van der Waals surface area contributed by atoms with Crippen LogP contribution in [-0.2, 0) is 61.7 Å². The number of hydrogen-bond acceptors (Lipinski definition) is 15. The molecule has 0 unspecified atom stereocenters. The van der Waals surface area contributed by atoms with E-state index in [1.54, 1.807) is 0 Å². The highest BCUT2D eigenvalue weighted by Crippen LogP contribution is 2.09. The average molecular weight is 739 g/mol. The monoisotopic (exact) mass is 738 g/mol. The third-order valence-electron chi connectivity index (χ3n) is 6.03. The van der Waals surface area contributed by atoms with Gasteiger partial charge in [-0.15, -0.1) is 0 Å². The van der Waals surface area contributed by atoms with Crippen LogP contribution in [0, 0.1) is 0 Å². The zero-order chi connectivity index (χ0) is 37.9. The quantitative estimate of drug-likeness (QED) is 0.0300. The second kappa shape index (κ2) is 33.7. The highest BCUT2D eigenvalue weighted by Gasteiger charge is 2.16. The molecule has 0 aliphatic carbocycles. The number of rotatable bonds is 36. The number of esters is 2. The first-order chi connectivity index (χ1) is 24.4. The summed E-state index contributed by atoms with van der Waals surface area (Å²) in [6.07, 6.45) is 0.420. The summed E-state index contributed by atoms with van der Waals surface area (Å²) in [5, 5.41) is 3.40. The summed E-state index contributed by atoms with van der Waals surface area (Å²) < 4.78 is 60.5. The van der Waals surface area contributed by atoms with E-state index in [0.717, 1.165) is 0 Å². The molecule has 0 aliphatic rings. The van der Waals surface area contributed by atoms with E-state index in [9.17, 15) is 9.59 Å². The van der Waals surface area contributed by atoms with E-state index in [-0.39, 0.29) is 24.8 Å². The Hall–Kier alpha value is -2.15. The van der Waals surface area contributed by atoms with Crippen molar-refractivity contribution in [3.8, 4) is 0 Å². The molecule has 0 atom stereocenters. The van der Waals surface area contributed by atoms with E-state index in [2.05, 4.69) is 14.9 Å². The minimum absolute atomic E-state index is 0.210. The molecular formula is C34H66N4O13. The molecule has 51 heavy (non-hydrogen) atoms. The van der Waals surface area contributed by atoms with Crippen LogP contribution in [0.1, 0.15) is 54.4 Å². The van der Waals surface area contributed by atoms with Crippen molar-refractivity contribution < 1.29 is 61.7 Å². The topological polar surface area (TPSA) is 188 Å². The Kier molecular flexibility index (Phi) is 32.3. The van der Waals surface area contributed by atoms with Gasteiger partial charge in [-0.2, -0.15) is 0 Å². The molecule has 0 spiro atoms. The fourth-order valence-corrected chi connectivity index (χ4v) is 3.79. The Labute approximate surface area is 304 Å². The van der Waals surface area contributed by atoms with Crippen molar-refractivity contribution in [2.24, 2.45) is 5.11 Å². The fourth-order valence-electron chi connectivity index (χ4n) is 3.79. The van der Waals surface area contributed by atoms with E-state index >= 15 is 0 Å². The van der Waals surface area contributed by atoms with Gasteiger partial charge < -0.3 is 52.1 Å². The normalized spacial score (nSPS) is 11.9. The molecule has 0 aliphatic heterocycles. The third-order valence-corrected chi connectivity index (χ3v) is 6.03. The van der Waals surface area contributed by atoms with Crippen LogP contribution >= 0.6 is 0 Å². The predicted molar refractivity (Wildman–Crippen MR) is 189 cm³/mol. The predicted octanol–water partition coefficient (Wildman–Crippen LogP) is 3.21. The molecule has 0 radical (unpaired) electrons. The van der Waals surface area contributed by atoms with Gasteiger partial charge in [0.25, 0.3) is 0 Å². The van der Waals surface area contributed by atoms with Gasteiger partial charge in [0.15, 0.2) is 0 Å². The first-order valence-electron chi connectivity index (χ1n) is 17.8. The number of hydrogen-bond donors (Lipinski definition) is 0. The smallest absolute Gasteiger partial charge is 0.308 e. The Balaban J connectivity index is 4.08. The highest BCUT2D eigenvalue weighted by molar-refractivity contribution is 5.70. The average Bonchev–Trinajstić information content (AvgIpc) is 3.04. The summed E-state index contributed by atoms with van der Waals surface area (Å²) in [6, 6.07) is 0. The number of ether oxygens (including phenoxy) is 11. The molecule has 0 fully saturated rings. The zero-order valence-corrected chi connectivity index (χ0v) is 32.1. The SMILES string of the molecule is CC(C)(C)OC(=O)CCOCCOCCOCCN(CCOCCOCCOCCN=[N+]=[N-])CCOCCOCCOCCC(=O)OC(C)(C)C. The Morgan fingerprint density at radius 2 is 0.745 bits per heavy atom. The second-order valence-corrected chi connectivity index (χ2v) is 13.0. The van der Waals surface area contributed by atoms with E-state index in [0.29, 0.717) is 145 Å². The van der Waals surface area contributed by atoms with Gasteiger partial charge in [0.1, 0.15) is 11.2 Å². The first kappa shape index (κ1) is 48.9. The molecule has 0 N–H and O–H groups in total. The fraction of sp³-hybridized carbons (Fsp3) is 0.941. The van der Waals surface area contributed by atoms with Gasteiger partial charge in [-0.1, -0.05) is 5.11 Å². The lowest BCUT2D eigenvalue weighted by atomic mass is 10.2. The maximum atomic E-state index is 11.7. The van der Waals surface area contributed by atoms with Gasteiger partial charge in [0, 0.05) is 31.1 Å². The van der Waals surface area contributed by atoms with E-state index < -0.39 is 11.2 Å². The Morgan fingerprint density at radius 3 is 1.04 bits per heavy atom. The Morgan fingerprint density at radius 1 is 0.471 bits per heavy atom. The molecule has 0 aromatic rings. The van der Waals surface area contributed by atoms with Crippen LogP contribution in [0.5, 0.6) is 0 Å². The van der Waals surface area contributed by atoms with Crippen molar-refractivity contribution >= 4 is 11.9 Å². The van der Waals surface area contributed by atoms with Gasteiger partial charge in [-0.25, -0.2) is 0 Å². The van der Waals surface area contributed by atoms with Crippen molar-refractivity contribution in [1.29, 1.82) is 0 Å². The number of nitrogens with zero attached hydrogens (tertiary/aromatic N) is 4. The summed E-state index contributed by atoms with van der Waals surface area (Å²) in [5.74, 6) is -0.560. The molecule has 0 aromatic heterocycles. The van der Waals surface area contributed by atoms with Gasteiger partial charge in [0.2, 0.25) is 0 Å². The van der Waals surface area contributed by atoms with Crippen molar-refractivity contribution in [1.82, 2.24) is 4.90 Å². The molecular weight excluding hydrogens is 672 g/mol. The second-order valence-electron chi connectivity index (χ2n) is 13.0. The summed E-state index contributed by atoms with van der Waals surface area (Å²) in [5.41, 5.74) is 7.25. The number of carbonyl (C=O) groups excluding carboxylic acids is 2. The zero-order valence-electron chi connectivity index (χ0n) is 32.1. The van der Waals surface area contributed by atoms with Gasteiger partial charge in [-0.05, 0) is 47.1 Å². The van der Waals surface area contributed by atoms with Crippen LogP contribution in [0.2, 0.25) is 0 Å². The van der Waals surface area contributed by atoms with Crippen molar-refractivity contribution in [3.63, 3.8) is 0 Å². The van der Waals surface area contributed by atoms with Crippen LogP contribution in [0.15, 0.2) is 5.11 Å². The molecule has 0 saturated carbocycles. The van der Waals surface area contributed by atoms with Crippen LogP contribution in [0.25, 0.3) is 10.4 Å². The molecule has 0 rings (SSSR count). The van der Waals surface area contributed by atoms with Crippen molar-refractivity contribution in [3.05, 3.63) is 10.4 Å². The number of azide groups is 1. The molecule has 0 saturated heterocycles. The van der Waals surface area contributed by atoms with Crippen LogP contribution < -0.4 is 0 Å². The largest absolute Gasteiger partial charge is 0.460 e. The standard InChI is InChI=1S/C34H66N4O13/c1-33(2,3)50-31(39)7-13-41-19-25-47-28-22-44-16-10-38(12-18-46-24-30-49-27-21-43-15-9-36-37-35)11-17-45-23-29-48-26-20-42-14-8-32(40)51-34(4,5)6/h7-30H2,1-6H3. The minimum atomic E-state index is -0.497. The van der Waals surface area contributed by atoms with E-state index in [4.69, 9.17) is 57.6 Å². The van der Waals surface area contributed by atoms with E-state index in [1.807, 2.05) is 41.5 Å². The molecule has 300 valence electrons. The summed E-state index contributed by atoms with van der Waals surface area (Å²) in [7, 11) is 0. The highest BCUT2D eigenvalue weighted by atomic mass is 16.6. The minimum Gasteiger partial charge on any atom is -0.460 e. The Bertz CT molecular complexity index is 831. The van der Waals surface area contributed by atoms with Crippen LogP contribution in [0.3, 0.4) is 0 Å². The molecule has 0 bridgehead atoms. The third kappa shape index (κ3) is 40.5. The van der Waals surface area contributed by atoms with Crippen molar-refractivity contribution in [2.75, 3.05) is 145 Å². The van der Waals surface area contributed by atoms with Crippen LogP contribution in [0.4, 0.5) is 0 Å². The lowest BCUT2D eigenvalue weighted by molar-refractivity contribution is -0.157. The van der Waals surface area contributed by atoms with E-state index in [1.165, 1.54) is 0 Å². The molecule has 17 heteroatoms. The molecule has 0 aromatic carbocycles. The summed E-state index contributed by atoms with van der Waals surface area (Å²) in [6.45, 7) is 21.1. The summed E-state index contributed by atoms with van der Waals surface area (Å²) >= 11 is 0. The number of carbonyl (C=O) groups is 2. The summed E-state index contributed by atoms with van der Waals surface area (Å²) in [4.78, 5) is 28.3. The molecule has 0 amide bonds. The molecule has 17 nitrogen and oxygen atoms in total. The van der Waals surface area contributed by atoms with Crippen LogP contribution in [-0.4, -0.2) is 173 Å². The van der Waals surface area contributed by atoms with Crippen molar-refractivity contribution in [2.45, 2.75) is 65.6 Å². The van der Waals surface area contributed by atoms with Gasteiger partial charge in [0.05, 0.1) is 132 Å². The maximum Gasteiger partial charge on any atom is 0.308 e. The lowest BCUT2D eigenvalue weighted by Gasteiger charge is -2.22. The molecule has 0 heterocycles. The maximum absolute atomic E-state index is 11.7.